The van der Waals surface area contributed by atoms with E-state index in [0.717, 1.165) is 17.0 Å². The largest absolute Gasteiger partial charge is 0.454 e. The lowest BCUT2D eigenvalue weighted by atomic mass is 10.1. The Bertz CT molecular complexity index is 1140. The highest BCUT2D eigenvalue weighted by atomic mass is 32.2. The van der Waals surface area contributed by atoms with Crippen molar-refractivity contribution in [3.05, 3.63) is 53.8 Å². The van der Waals surface area contributed by atoms with Crippen molar-refractivity contribution in [1.29, 1.82) is 0 Å². The van der Waals surface area contributed by atoms with Gasteiger partial charge in [0.25, 0.3) is 0 Å². The molecule has 1 aliphatic rings. The predicted octanol–water partition coefficient (Wildman–Crippen LogP) is 2.26. The maximum absolute atomic E-state index is 13.4. The summed E-state index contributed by atoms with van der Waals surface area (Å²) in [5.74, 6) is -0.545. The molecular weight excluding hydrogens is 465 g/mol. The number of hydrogen-bond donors (Lipinski definition) is 1. The first-order chi connectivity index (χ1) is 16.1. The third-order valence-corrected chi connectivity index (χ3v) is 6.45. The topological polar surface area (TPSA) is 105 Å². The van der Waals surface area contributed by atoms with Crippen molar-refractivity contribution in [2.75, 3.05) is 30.4 Å². The van der Waals surface area contributed by atoms with E-state index in [0.29, 0.717) is 23.6 Å². The van der Waals surface area contributed by atoms with Crippen LogP contribution >= 0.6 is 0 Å². The fourth-order valence-corrected chi connectivity index (χ4v) is 4.26. The summed E-state index contributed by atoms with van der Waals surface area (Å²) >= 11 is 0. The maximum atomic E-state index is 13.4. The minimum Gasteiger partial charge on any atom is -0.454 e. The molecule has 3 rings (SSSR count). The van der Waals surface area contributed by atoms with Crippen molar-refractivity contribution in [2.24, 2.45) is 0 Å². The first kappa shape index (κ1) is 25.3. The molecule has 2 aromatic carbocycles. The van der Waals surface area contributed by atoms with E-state index in [-0.39, 0.29) is 24.9 Å². The number of fused-ring (bicyclic) bond motifs is 1. The Balaban J connectivity index is 1.89. The molecule has 0 spiro atoms. The molecule has 0 aromatic heterocycles. The van der Waals surface area contributed by atoms with Crippen LogP contribution in [0.5, 0.6) is 11.5 Å². The third-order valence-electron chi connectivity index (χ3n) is 5.31. The average Bonchev–Trinajstić information content (AvgIpc) is 3.27. The van der Waals surface area contributed by atoms with Crippen molar-refractivity contribution >= 4 is 27.5 Å². The molecule has 1 heterocycles. The SMILES string of the molecule is CCCNC(=O)[C@@H](C)N(Cc1ccc(F)cc1)C(=O)CN(c1ccc2c(c1)OCO2)S(C)(=O)=O. The van der Waals surface area contributed by atoms with Crippen LogP contribution in [0.15, 0.2) is 42.5 Å². The number of ether oxygens (including phenoxy) is 2. The number of nitrogens with one attached hydrogen (secondary N) is 1. The number of amides is 2. The molecule has 9 nitrogen and oxygen atoms in total. The van der Waals surface area contributed by atoms with Gasteiger partial charge in [-0.15, -0.1) is 0 Å². The highest BCUT2D eigenvalue weighted by Gasteiger charge is 2.30. The Kier molecular flexibility index (Phi) is 7.98. The lowest BCUT2D eigenvalue weighted by molar-refractivity contribution is -0.139. The van der Waals surface area contributed by atoms with Crippen molar-refractivity contribution in [1.82, 2.24) is 10.2 Å². The summed E-state index contributed by atoms with van der Waals surface area (Å²) in [7, 11) is -3.86. The Hall–Kier alpha value is -3.34. The standard InChI is InChI=1S/C23H28FN3O6S/c1-4-11-25-23(29)16(2)26(13-17-5-7-18(24)8-6-17)22(28)14-27(34(3,30)31)19-9-10-20-21(12-19)33-15-32-20/h5-10,12,16H,4,11,13-15H2,1-3H3,(H,25,29)/t16-/m1/s1. The minimum absolute atomic E-state index is 0.00142. The summed E-state index contributed by atoms with van der Waals surface area (Å²) in [6, 6.07) is 9.23. The molecule has 0 saturated carbocycles. The summed E-state index contributed by atoms with van der Waals surface area (Å²) < 4.78 is 50.1. The van der Waals surface area contributed by atoms with E-state index in [1.165, 1.54) is 41.3 Å². The average molecular weight is 494 g/mol. The smallest absolute Gasteiger partial charge is 0.244 e. The zero-order chi connectivity index (χ0) is 24.9. The van der Waals surface area contributed by atoms with E-state index < -0.39 is 34.3 Å². The molecule has 184 valence electrons. The lowest BCUT2D eigenvalue weighted by Crippen LogP contribution is -2.51. The van der Waals surface area contributed by atoms with Gasteiger partial charge < -0.3 is 19.7 Å². The molecule has 0 fully saturated rings. The van der Waals surface area contributed by atoms with Gasteiger partial charge in [-0.1, -0.05) is 19.1 Å². The van der Waals surface area contributed by atoms with E-state index in [1.54, 1.807) is 13.0 Å². The zero-order valence-electron chi connectivity index (χ0n) is 19.3. The van der Waals surface area contributed by atoms with Gasteiger partial charge in [0.15, 0.2) is 11.5 Å². The molecule has 1 atom stereocenters. The summed E-state index contributed by atoms with van der Waals surface area (Å²) in [5.41, 5.74) is 0.823. The molecular formula is C23H28FN3O6S. The zero-order valence-corrected chi connectivity index (χ0v) is 20.1. The van der Waals surface area contributed by atoms with Gasteiger partial charge in [-0.05, 0) is 43.2 Å². The van der Waals surface area contributed by atoms with Crippen LogP contribution in [0.25, 0.3) is 0 Å². The number of carbonyl (C=O) groups excluding carboxylic acids is 2. The van der Waals surface area contributed by atoms with Crippen LogP contribution in [0.2, 0.25) is 0 Å². The van der Waals surface area contributed by atoms with Gasteiger partial charge in [-0.2, -0.15) is 0 Å². The molecule has 0 aliphatic carbocycles. The number of rotatable bonds is 10. The number of benzene rings is 2. The number of nitrogens with zero attached hydrogens (tertiary/aromatic N) is 2. The van der Waals surface area contributed by atoms with Crippen molar-refractivity contribution < 1.29 is 31.9 Å². The van der Waals surface area contributed by atoms with E-state index >= 15 is 0 Å². The summed E-state index contributed by atoms with van der Waals surface area (Å²) in [4.78, 5) is 27.3. The van der Waals surface area contributed by atoms with Gasteiger partial charge in [-0.3, -0.25) is 13.9 Å². The van der Waals surface area contributed by atoms with E-state index in [2.05, 4.69) is 5.32 Å². The Morgan fingerprint density at radius 1 is 1.12 bits per heavy atom. The van der Waals surface area contributed by atoms with Gasteiger partial charge in [0.2, 0.25) is 28.6 Å². The second kappa shape index (κ2) is 10.7. The fraction of sp³-hybridized carbons (Fsp3) is 0.391. The lowest BCUT2D eigenvalue weighted by Gasteiger charge is -2.31. The molecule has 0 saturated heterocycles. The second-order valence-electron chi connectivity index (χ2n) is 7.92. The first-order valence-corrected chi connectivity index (χ1v) is 12.6. The molecule has 0 bridgehead atoms. The van der Waals surface area contributed by atoms with E-state index in [9.17, 15) is 22.4 Å². The fourth-order valence-electron chi connectivity index (χ4n) is 3.42. The molecule has 2 amide bonds. The Morgan fingerprint density at radius 3 is 2.44 bits per heavy atom. The summed E-state index contributed by atoms with van der Waals surface area (Å²) in [6.07, 6.45) is 1.71. The Morgan fingerprint density at radius 2 is 1.79 bits per heavy atom. The number of halogens is 1. The van der Waals surface area contributed by atoms with Crippen LogP contribution in [-0.2, 0) is 26.2 Å². The van der Waals surface area contributed by atoms with E-state index in [1.807, 2.05) is 6.92 Å². The number of sulfonamides is 1. The monoisotopic (exact) mass is 493 g/mol. The highest BCUT2D eigenvalue weighted by Crippen LogP contribution is 2.36. The first-order valence-electron chi connectivity index (χ1n) is 10.8. The molecule has 1 aliphatic heterocycles. The molecule has 0 unspecified atom stereocenters. The van der Waals surface area contributed by atoms with Crippen LogP contribution in [0.1, 0.15) is 25.8 Å². The van der Waals surface area contributed by atoms with Gasteiger partial charge in [0.05, 0.1) is 11.9 Å². The van der Waals surface area contributed by atoms with Crippen LogP contribution in [0, 0.1) is 5.82 Å². The van der Waals surface area contributed by atoms with E-state index in [4.69, 9.17) is 9.47 Å². The third kappa shape index (κ3) is 6.16. The molecule has 0 radical (unpaired) electrons. The van der Waals surface area contributed by atoms with Crippen molar-refractivity contribution in [3.8, 4) is 11.5 Å². The van der Waals surface area contributed by atoms with Gasteiger partial charge in [-0.25, -0.2) is 12.8 Å². The molecule has 2 aromatic rings. The molecule has 1 N–H and O–H groups in total. The number of anilines is 1. The Labute approximate surface area is 198 Å². The van der Waals surface area contributed by atoms with Crippen molar-refractivity contribution in [3.63, 3.8) is 0 Å². The van der Waals surface area contributed by atoms with Gasteiger partial charge in [0.1, 0.15) is 18.4 Å². The normalized spacial score (nSPS) is 13.3. The summed E-state index contributed by atoms with van der Waals surface area (Å²) in [5, 5.41) is 2.75. The highest BCUT2D eigenvalue weighted by molar-refractivity contribution is 7.92. The second-order valence-corrected chi connectivity index (χ2v) is 9.83. The van der Waals surface area contributed by atoms with Crippen LogP contribution in [-0.4, -0.2) is 57.3 Å². The van der Waals surface area contributed by atoms with Crippen molar-refractivity contribution in [2.45, 2.75) is 32.9 Å². The van der Waals surface area contributed by atoms with Crippen LogP contribution < -0.4 is 19.1 Å². The summed E-state index contributed by atoms with van der Waals surface area (Å²) in [6.45, 7) is 3.39. The number of carbonyl (C=O) groups is 2. The van der Waals surface area contributed by atoms with Crippen LogP contribution in [0.4, 0.5) is 10.1 Å². The molecule has 34 heavy (non-hydrogen) atoms. The van der Waals surface area contributed by atoms with Gasteiger partial charge >= 0.3 is 0 Å². The quantitative estimate of drug-likeness (QED) is 0.544. The van der Waals surface area contributed by atoms with Gasteiger partial charge in [0, 0.05) is 19.2 Å². The minimum atomic E-state index is -3.86. The predicted molar refractivity (Wildman–Crippen MR) is 124 cm³/mol. The maximum Gasteiger partial charge on any atom is 0.244 e. The number of hydrogen-bond acceptors (Lipinski definition) is 6. The molecule has 11 heteroatoms. The van der Waals surface area contributed by atoms with Crippen LogP contribution in [0.3, 0.4) is 0 Å².